The molecular formula is C16H12N4OS. The summed E-state index contributed by atoms with van der Waals surface area (Å²) in [5.74, 6) is 0.934. The van der Waals surface area contributed by atoms with Crippen LogP contribution in [-0.4, -0.2) is 24.5 Å². The van der Waals surface area contributed by atoms with Crippen LogP contribution in [0.3, 0.4) is 0 Å². The average molecular weight is 308 g/mol. The van der Waals surface area contributed by atoms with E-state index in [9.17, 15) is 5.11 Å². The summed E-state index contributed by atoms with van der Waals surface area (Å²) in [5, 5.41) is 11.7. The molecule has 5 nitrogen and oxygen atoms in total. The molecule has 6 heteroatoms. The molecule has 0 fully saturated rings. The minimum Gasteiger partial charge on any atom is -0.508 e. The molecule has 108 valence electrons. The number of aromatic nitrogens is 4. The summed E-state index contributed by atoms with van der Waals surface area (Å²) in [7, 11) is 0. The standard InChI is InChI=1S/C16H12N4OS/c1-10-17-6-5-13(18-10)15-14(11-3-2-4-12(21)9-11)19-16-20(15)7-8-22-16/h2-9,21H,1H3. The van der Waals surface area contributed by atoms with Gasteiger partial charge in [-0.05, 0) is 25.1 Å². The highest BCUT2D eigenvalue weighted by atomic mass is 32.1. The Hall–Kier alpha value is -2.73. The number of benzene rings is 1. The van der Waals surface area contributed by atoms with Crippen molar-refractivity contribution in [2.45, 2.75) is 6.92 Å². The van der Waals surface area contributed by atoms with Gasteiger partial charge in [-0.25, -0.2) is 15.0 Å². The van der Waals surface area contributed by atoms with Crippen LogP contribution in [0.15, 0.2) is 48.1 Å². The van der Waals surface area contributed by atoms with Crippen LogP contribution in [0.2, 0.25) is 0 Å². The van der Waals surface area contributed by atoms with Gasteiger partial charge in [-0.1, -0.05) is 12.1 Å². The lowest BCUT2D eigenvalue weighted by atomic mass is 10.1. The van der Waals surface area contributed by atoms with Crippen molar-refractivity contribution >= 4 is 16.3 Å². The summed E-state index contributed by atoms with van der Waals surface area (Å²) in [6.07, 6.45) is 3.72. The lowest BCUT2D eigenvalue weighted by molar-refractivity contribution is 0.475. The first-order valence-electron chi connectivity index (χ1n) is 6.77. The fraction of sp³-hybridized carbons (Fsp3) is 0.0625. The molecule has 0 radical (unpaired) electrons. The topological polar surface area (TPSA) is 63.3 Å². The smallest absolute Gasteiger partial charge is 0.194 e. The number of fused-ring (bicyclic) bond motifs is 1. The van der Waals surface area contributed by atoms with Gasteiger partial charge in [0.2, 0.25) is 0 Å². The summed E-state index contributed by atoms with van der Waals surface area (Å²) in [6.45, 7) is 1.86. The molecule has 0 unspecified atom stereocenters. The molecule has 4 rings (SSSR count). The third-order valence-electron chi connectivity index (χ3n) is 3.40. The van der Waals surface area contributed by atoms with Gasteiger partial charge < -0.3 is 5.11 Å². The summed E-state index contributed by atoms with van der Waals surface area (Å²) in [6, 6.07) is 8.98. The van der Waals surface area contributed by atoms with Crippen molar-refractivity contribution in [2.24, 2.45) is 0 Å². The van der Waals surface area contributed by atoms with Crippen LogP contribution in [0.5, 0.6) is 5.75 Å². The Morgan fingerprint density at radius 1 is 1.18 bits per heavy atom. The first-order valence-corrected chi connectivity index (χ1v) is 7.65. The summed E-state index contributed by atoms with van der Waals surface area (Å²) >= 11 is 1.57. The minimum atomic E-state index is 0.221. The third kappa shape index (κ3) is 2.05. The van der Waals surface area contributed by atoms with Crippen molar-refractivity contribution in [1.29, 1.82) is 0 Å². The number of imidazole rings is 1. The van der Waals surface area contributed by atoms with Gasteiger partial charge in [0.1, 0.15) is 17.3 Å². The molecule has 0 saturated carbocycles. The number of aryl methyl sites for hydroxylation is 1. The fourth-order valence-corrected chi connectivity index (χ4v) is 3.19. The maximum atomic E-state index is 9.75. The highest BCUT2D eigenvalue weighted by Gasteiger charge is 2.18. The second-order valence-electron chi connectivity index (χ2n) is 4.90. The molecule has 1 N–H and O–H groups in total. The van der Waals surface area contributed by atoms with E-state index in [1.165, 1.54) is 0 Å². The summed E-state index contributed by atoms with van der Waals surface area (Å²) in [5.41, 5.74) is 3.40. The number of thiazole rings is 1. The molecule has 0 aliphatic heterocycles. The van der Waals surface area contributed by atoms with Crippen LogP contribution < -0.4 is 0 Å². The Kier molecular flexibility index (Phi) is 2.90. The number of rotatable bonds is 2. The fourth-order valence-electron chi connectivity index (χ4n) is 2.47. The SMILES string of the molecule is Cc1nccc(-c2c(-c3cccc(O)c3)nc3sccn23)n1. The Bertz CT molecular complexity index is 973. The van der Waals surface area contributed by atoms with E-state index in [4.69, 9.17) is 4.98 Å². The van der Waals surface area contributed by atoms with Gasteiger partial charge in [0.05, 0.1) is 11.4 Å². The molecular weight excluding hydrogens is 296 g/mol. The van der Waals surface area contributed by atoms with Gasteiger partial charge in [-0.15, -0.1) is 11.3 Å². The van der Waals surface area contributed by atoms with Crippen molar-refractivity contribution in [3.63, 3.8) is 0 Å². The van der Waals surface area contributed by atoms with E-state index >= 15 is 0 Å². The number of hydrogen-bond acceptors (Lipinski definition) is 5. The molecule has 1 aromatic carbocycles. The molecule has 0 bridgehead atoms. The van der Waals surface area contributed by atoms with Gasteiger partial charge >= 0.3 is 0 Å². The summed E-state index contributed by atoms with van der Waals surface area (Å²) < 4.78 is 2.02. The van der Waals surface area contributed by atoms with Crippen LogP contribution in [0, 0.1) is 6.92 Å². The monoisotopic (exact) mass is 308 g/mol. The van der Waals surface area contributed by atoms with Crippen LogP contribution in [0.4, 0.5) is 0 Å². The first-order chi connectivity index (χ1) is 10.7. The van der Waals surface area contributed by atoms with Gasteiger partial charge in [-0.3, -0.25) is 4.40 Å². The molecule has 0 aliphatic carbocycles. The van der Waals surface area contributed by atoms with Crippen LogP contribution in [-0.2, 0) is 0 Å². The van der Waals surface area contributed by atoms with Crippen LogP contribution >= 0.6 is 11.3 Å². The van der Waals surface area contributed by atoms with E-state index in [1.807, 2.05) is 41.1 Å². The normalized spacial score (nSPS) is 11.1. The van der Waals surface area contributed by atoms with Crippen molar-refractivity contribution < 1.29 is 5.11 Å². The highest BCUT2D eigenvalue weighted by molar-refractivity contribution is 7.15. The van der Waals surface area contributed by atoms with E-state index in [2.05, 4.69) is 9.97 Å². The molecule has 0 saturated heterocycles. The maximum absolute atomic E-state index is 9.75. The van der Waals surface area contributed by atoms with Gasteiger partial charge in [-0.2, -0.15) is 0 Å². The minimum absolute atomic E-state index is 0.221. The highest BCUT2D eigenvalue weighted by Crippen LogP contribution is 2.34. The Morgan fingerprint density at radius 3 is 2.91 bits per heavy atom. The Morgan fingerprint density at radius 2 is 2.09 bits per heavy atom. The molecule has 22 heavy (non-hydrogen) atoms. The number of phenolic OH excluding ortho intramolecular Hbond substituents is 1. The Balaban J connectivity index is 2.03. The zero-order valence-electron chi connectivity index (χ0n) is 11.8. The zero-order chi connectivity index (χ0) is 15.1. The quantitative estimate of drug-likeness (QED) is 0.615. The number of aromatic hydroxyl groups is 1. The predicted molar refractivity (Wildman–Crippen MR) is 85.9 cm³/mol. The Labute approximate surface area is 130 Å². The largest absolute Gasteiger partial charge is 0.508 e. The first kappa shape index (κ1) is 13.0. The lowest BCUT2D eigenvalue weighted by Crippen LogP contribution is -1.94. The van der Waals surface area contributed by atoms with E-state index in [0.717, 1.165) is 27.6 Å². The number of hydrogen-bond donors (Lipinski definition) is 1. The molecule has 0 atom stereocenters. The van der Waals surface area contributed by atoms with E-state index in [-0.39, 0.29) is 5.75 Å². The van der Waals surface area contributed by atoms with Gasteiger partial charge in [0.25, 0.3) is 0 Å². The molecule has 0 spiro atoms. The number of nitrogens with zero attached hydrogens (tertiary/aromatic N) is 4. The summed E-state index contributed by atoms with van der Waals surface area (Å²) in [4.78, 5) is 14.3. The van der Waals surface area contributed by atoms with Gasteiger partial charge in [0, 0.05) is 23.3 Å². The van der Waals surface area contributed by atoms with Crippen molar-refractivity contribution in [1.82, 2.24) is 19.4 Å². The van der Waals surface area contributed by atoms with E-state index < -0.39 is 0 Å². The second-order valence-corrected chi connectivity index (χ2v) is 5.78. The zero-order valence-corrected chi connectivity index (χ0v) is 12.6. The maximum Gasteiger partial charge on any atom is 0.194 e. The predicted octanol–water partition coefficient (Wildman–Crippen LogP) is 3.53. The molecule has 3 aromatic heterocycles. The van der Waals surface area contributed by atoms with Crippen LogP contribution in [0.25, 0.3) is 27.6 Å². The lowest BCUT2D eigenvalue weighted by Gasteiger charge is -2.05. The average Bonchev–Trinajstić information content (AvgIpc) is 3.07. The molecule has 3 heterocycles. The number of phenols is 1. The third-order valence-corrected chi connectivity index (χ3v) is 4.16. The van der Waals surface area contributed by atoms with Crippen molar-refractivity contribution in [3.05, 3.63) is 53.9 Å². The van der Waals surface area contributed by atoms with Crippen molar-refractivity contribution in [3.8, 4) is 28.4 Å². The molecule has 4 aromatic rings. The molecule has 0 aliphatic rings. The van der Waals surface area contributed by atoms with E-state index in [0.29, 0.717) is 5.82 Å². The van der Waals surface area contributed by atoms with Crippen molar-refractivity contribution in [2.75, 3.05) is 0 Å². The second kappa shape index (κ2) is 4.92. The van der Waals surface area contributed by atoms with Gasteiger partial charge in [0.15, 0.2) is 4.96 Å². The molecule has 0 amide bonds. The van der Waals surface area contributed by atoms with E-state index in [1.54, 1.807) is 29.7 Å². The van der Waals surface area contributed by atoms with Crippen LogP contribution in [0.1, 0.15) is 5.82 Å².